The number of rotatable bonds is 32. The SMILES string of the molecule is C=CCOc1c(Br)cc(C(C)(C)c2cc(Br)c(OCC=C)c(Br)c2)cc1Br.C=CCOc1c(Cl)cc(C(C)(C)c2cc(Cl)c(OCC=C)c(Cl)c2)cc1Cl.C=CCOc1ccc(C(C)(C)c2ccc(OCC=C)cc2)cc1.C=CCOc1ccc(Cc2ccc(OCC=C)cc2)cc1. The first-order chi connectivity index (χ1) is 46.8. The highest BCUT2D eigenvalue weighted by atomic mass is 79.9. The van der Waals surface area contributed by atoms with Crippen LogP contribution in [0.3, 0.4) is 0 Å². The van der Waals surface area contributed by atoms with Crippen LogP contribution in [0.25, 0.3) is 0 Å². The maximum atomic E-state index is 6.38. The molecule has 98 heavy (non-hydrogen) atoms. The van der Waals surface area contributed by atoms with Gasteiger partial charge in [-0.1, -0.05) is 238 Å². The molecule has 8 rings (SSSR count). The lowest BCUT2D eigenvalue weighted by Gasteiger charge is -2.28. The summed E-state index contributed by atoms with van der Waals surface area (Å²) in [5, 5.41) is 1.71. The van der Waals surface area contributed by atoms with Crippen molar-refractivity contribution in [1.29, 1.82) is 0 Å². The number of ether oxygens (including phenoxy) is 8. The molecule has 0 amide bonds. The summed E-state index contributed by atoms with van der Waals surface area (Å²) in [7, 11) is 0. The molecule has 0 heterocycles. The summed E-state index contributed by atoms with van der Waals surface area (Å²) in [4.78, 5) is 0. The van der Waals surface area contributed by atoms with E-state index in [4.69, 9.17) is 84.3 Å². The Bertz CT molecular complexity index is 3480. The normalized spacial score (nSPS) is 10.8. The lowest BCUT2D eigenvalue weighted by molar-refractivity contribution is 0.358. The molecule has 516 valence electrons. The van der Waals surface area contributed by atoms with Gasteiger partial charge in [0.05, 0.1) is 38.0 Å². The van der Waals surface area contributed by atoms with E-state index in [9.17, 15) is 0 Å². The fraction of sp³-hybridized carbons (Fsp3) is 0.220. The molecule has 0 aliphatic rings. The number of hydrogen-bond acceptors (Lipinski definition) is 8. The van der Waals surface area contributed by atoms with E-state index in [0.717, 1.165) is 81.1 Å². The summed E-state index contributed by atoms with van der Waals surface area (Å²) in [5.74, 6) is 5.85. The minimum atomic E-state index is -0.464. The number of hydrogen-bond donors (Lipinski definition) is 0. The van der Waals surface area contributed by atoms with Gasteiger partial charge in [0.25, 0.3) is 0 Å². The first kappa shape index (κ1) is 81.8. The van der Waals surface area contributed by atoms with E-state index in [1.165, 1.54) is 22.3 Å². The van der Waals surface area contributed by atoms with Crippen molar-refractivity contribution in [3.63, 3.8) is 0 Å². The highest BCUT2D eigenvalue weighted by molar-refractivity contribution is 9.11. The summed E-state index contributed by atoms with van der Waals surface area (Å²) in [5.41, 5.74) is 8.27. The summed E-state index contributed by atoms with van der Waals surface area (Å²) >= 11 is 40.0. The van der Waals surface area contributed by atoms with Crippen LogP contribution in [0, 0.1) is 0 Å². The summed E-state index contributed by atoms with van der Waals surface area (Å²) in [6.07, 6.45) is 14.6. The molecular weight excluding hydrogens is 1570 g/mol. The molecular formula is C82H84Br4Cl4O8. The molecule has 0 aromatic heterocycles. The van der Waals surface area contributed by atoms with Gasteiger partial charge in [-0.15, -0.1) is 0 Å². The molecule has 0 aliphatic heterocycles. The standard InChI is InChI=1S/C21H20Br4O2.C21H20Cl4O2.C21H24O2.C19H20O2/c2*1-5-7-26-19-15(22)9-13(10-16(19)23)21(3,4)14-11-17(24)20(18(25)12-14)27-8-6-2;1-5-15-22-19-11-7-17(8-12-19)21(3,4)18-9-13-20(14-10-18)23-16-6-2;1-3-13-20-18-9-5-16(6-10-18)15-17-7-11-19(12-8-17)21-14-4-2/h2*5-6,9-12H,1-2,7-8H2,3-4H3;5-14H,1-2,15-16H2,3-4H3;3-12H,1-2,13-15H2. The van der Waals surface area contributed by atoms with Gasteiger partial charge in [-0.05, 0) is 212 Å². The molecule has 0 saturated heterocycles. The third-order valence-electron chi connectivity index (χ3n) is 15.1. The fourth-order valence-corrected chi connectivity index (χ4v) is 13.5. The van der Waals surface area contributed by atoms with Crippen molar-refractivity contribution in [2.45, 2.75) is 64.2 Å². The van der Waals surface area contributed by atoms with Gasteiger partial charge in [-0.3, -0.25) is 0 Å². The van der Waals surface area contributed by atoms with Gasteiger partial charge >= 0.3 is 0 Å². The van der Waals surface area contributed by atoms with Gasteiger partial charge in [-0.2, -0.15) is 0 Å². The van der Waals surface area contributed by atoms with Crippen molar-refractivity contribution in [2.75, 3.05) is 52.9 Å². The summed E-state index contributed by atoms with van der Waals surface area (Å²) in [6, 6.07) is 48.4. The van der Waals surface area contributed by atoms with Gasteiger partial charge in [0.2, 0.25) is 0 Å². The fourth-order valence-electron chi connectivity index (χ4n) is 9.50. The highest BCUT2D eigenvalue weighted by Crippen LogP contribution is 2.46. The van der Waals surface area contributed by atoms with E-state index in [2.05, 4.69) is 217 Å². The van der Waals surface area contributed by atoms with Gasteiger partial charge in [-0.25, -0.2) is 0 Å². The average molecular weight is 1660 g/mol. The molecule has 0 aliphatic carbocycles. The van der Waals surface area contributed by atoms with Crippen molar-refractivity contribution in [3.05, 3.63) is 329 Å². The molecule has 8 aromatic rings. The van der Waals surface area contributed by atoms with Crippen LogP contribution < -0.4 is 37.9 Å². The molecule has 0 saturated carbocycles. The Morgan fingerprint density at radius 3 is 0.704 bits per heavy atom. The maximum Gasteiger partial charge on any atom is 0.156 e. The van der Waals surface area contributed by atoms with Crippen LogP contribution >= 0.6 is 110 Å². The van der Waals surface area contributed by atoms with Crippen molar-refractivity contribution in [3.8, 4) is 46.0 Å². The van der Waals surface area contributed by atoms with E-state index >= 15 is 0 Å². The minimum Gasteiger partial charge on any atom is -0.490 e. The molecule has 0 atom stereocenters. The second-order valence-electron chi connectivity index (χ2n) is 23.3. The molecule has 0 unspecified atom stereocenters. The number of benzene rings is 8. The monoisotopic (exact) mass is 1650 g/mol. The van der Waals surface area contributed by atoms with Crippen molar-refractivity contribution < 1.29 is 37.9 Å². The van der Waals surface area contributed by atoms with E-state index in [1.54, 1.807) is 48.6 Å². The zero-order chi connectivity index (χ0) is 72.0. The van der Waals surface area contributed by atoms with Crippen LogP contribution in [0.15, 0.2) is 265 Å². The van der Waals surface area contributed by atoms with Gasteiger partial charge in [0, 0.05) is 16.2 Å². The van der Waals surface area contributed by atoms with E-state index in [0.29, 0.717) is 84.4 Å². The Morgan fingerprint density at radius 2 is 0.469 bits per heavy atom. The maximum absolute atomic E-state index is 6.38. The minimum absolute atomic E-state index is 0.0894. The molecule has 0 spiro atoms. The van der Waals surface area contributed by atoms with Gasteiger partial charge in [0.15, 0.2) is 11.5 Å². The van der Waals surface area contributed by atoms with Crippen LogP contribution in [0.2, 0.25) is 20.1 Å². The van der Waals surface area contributed by atoms with E-state index < -0.39 is 5.41 Å². The van der Waals surface area contributed by atoms with Crippen LogP contribution in [0.5, 0.6) is 46.0 Å². The van der Waals surface area contributed by atoms with Crippen LogP contribution in [0.1, 0.15) is 86.1 Å². The second-order valence-corrected chi connectivity index (χ2v) is 28.3. The first-order valence-corrected chi connectivity index (χ1v) is 35.8. The predicted molar refractivity (Wildman–Crippen MR) is 427 cm³/mol. The molecule has 16 heteroatoms. The van der Waals surface area contributed by atoms with Crippen LogP contribution in [-0.2, 0) is 22.7 Å². The lowest BCUT2D eigenvalue weighted by atomic mass is 9.78. The summed E-state index contributed by atoms with van der Waals surface area (Å²) < 4.78 is 48.1. The largest absolute Gasteiger partial charge is 0.490 e. The summed E-state index contributed by atoms with van der Waals surface area (Å²) in [6.45, 7) is 45.7. The molecule has 0 fully saturated rings. The zero-order valence-corrected chi connectivity index (χ0v) is 65.7. The molecule has 8 aromatic carbocycles. The first-order valence-electron chi connectivity index (χ1n) is 31.1. The van der Waals surface area contributed by atoms with Crippen LogP contribution in [0.4, 0.5) is 0 Å². The topological polar surface area (TPSA) is 73.8 Å². The van der Waals surface area contributed by atoms with Crippen molar-refractivity contribution >= 4 is 110 Å². The Balaban J connectivity index is 0.000000237. The Kier molecular flexibility index (Phi) is 34.3. The highest BCUT2D eigenvalue weighted by Gasteiger charge is 2.30. The Hall–Kier alpha value is -6.84. The molecule has 0 radical (unpaired) electrons. The van der Waals surface area contributed by atoms with Gasteiger partial charge < -0.3 is 37.9 Å². The lowest BCUT2D eigenvalue weighted by Crippen LogP contribution is -2.19. The zero-order valence-electron chi connectivity index (χ0n) is 56.3. The molecule has 0 bridgehead atoms. The Morgan fingerprint density at radius 1 is 0.276 bits per heavy atom. The quantitative estimate of drug-likeness (QED) is 0.0386. The average Bonchev–Trinajstić information content (AvgIpc) is 0.783. The van der Waals surface area contributed by atoms with E-state index in [1.807, 2.05) is 86.6 Å². The third kappa shape index (κ3) is 24.2. The molecule has 0 N–H and O–H groups in total. The Labute approximate surface area is 634 Å². The number of halogens is 8. The third-order valence-corrected chi connectivity index (χ3v) is 18.6. The second kappa shape index (κ2) is 41.0. The van der Waals surface area contributed by atoms with Crippen LogP contribution in [-0.4, -0.2) is 52.9 Å². The smallest absolute Gasteiger partial charge is 0.156 e. The molecule has 8 nitrogen and oxygen atoms in total. The van der Waals surface area contributed by atoms with E-state index in [-0.39, 0.29) is 10.8 Å². The predicted octanol–water partition coefficient (Wildman–Crippen LogP) is 25.5. The van der Waals surface area contributed by atoms with Crippen molar-refractivity contribution in [2.24, 2.45) is 0 Å². The van der Waals surface area contributed by atoms with Crippen molar-refractivity contribution in [1.82, 2.24) is 0 Å². The van der Waals surface area contributed by atoms with Gasteiger partial charge in [0.1, 0.15) is 87.4 Å².